The molecule has 0 aliphatic carbocycles. The highest BCUT2D eigenvalue weighted by Gasteiger charge is 2.24. The van der Waals surface area contributed by atoms with E-state index in [1.807, 2.05) is 35.0 Å². The van der Waals surface area contributed by atoms with E-state index >= 15 is 0 Å². The van der Waals surface area contributed by atoms with Gasteiger partial charge in [-0.1, -0.05) is 51.4 Å². The molecule has 0 spiro atoms. The van der Waals surface area contributed by atoms with E-state index in [2.05, 4.69) is 61.6 Å². The third kappa shape index (κ3) is 8.47. The standard InChI is InChI=1S/C30H46N6O2Si2/c1-39(2,3)15-13-37-22-35(23-38-14-16-40(4,5)6)29-18-28(26-11-8-12-32-20-26)34-30-27(21-33-36(29)30)25-10-7-9-24(17-25)19-31/h7,9-10,17-18,21,26,32H,8,11-16,20,22-23H2,1-6H3. The number of nitriles is 1. The molecule has 1 saturated heterocycles. The summed E-state index contributed by atoms with van der Waals surface area (Å²) in [7, 11) is -2.41. The normalized spacial score (nSPS) is 16.3. The van der Waals surface area contributed by atoms with Gasteiger partial charge in [0.25, 0.3) is 0 Å². The number of piperidine rings is 1. The molecule has 1 aliphatic heterocycles. The maximum absolute atomic E-state index is 9.49. The molecule has 216 valence electrons. The maximum atomic E-state index is 9.49. The molecule has 2 aromatic heterocycles. The summed E-state index contributed by atoms with van der Waals surface area (Å²) in [4.78, 5) is 7.33. The summed E-state index contributed by atoms with van der Waals surface area (Å²) in [6.07, 6.45) is 4.09. The average Bonchev–Trinajstić information content (AvgIpc) is 3.35. The van der Waals surface area contributed by atoms with Crippen molar-refractivity contribution >= 4 is 27.6 Å². The van der Waals surface area contributed by atoms with E-state index in [4.69, 9.17) is 19.6 Å². The molecule has 0 radical (unpaired) electrons. The summed E-state index contributed by atoms with van der Waals surface area (Å²) in [5.41, 5.74) is 4.33. The number of fused-ring (bicyclic) bond motifs is 1. The van der Waals surface area contributed by atoms with Crippen LogP contribution in [-0.2, 0) is 9.47 Å². The number of anilines is 1. The molecule has 8 nitrogen and oxygen atoms in total. The van der Waals surface area contributed by atoms with Crippen LogP contribution in [0.5, 0.6) is 0 Å². The molecule has 4 rings (SSSR count). The highest BCUT2D eigenvalue weighted by molar-refractivity contribution is 6.76. The van der Waals surface area contributed by atoms with E-state index in [0.717, 1.165) is 79.5 Å². The molecule has 10 heteroatoms. The third-order valence-corrected chi connectivity index (χ3v) is 10.7. The monoisotopic (exact) mass is 578 g/mol. The van der Waals surface area contributed by atoms with Gasteiger partial charge in [0, 0.05) is 53.5 Å². The summed E-state index contributed by atoms with van der Waals surface area (Å²) >= 11 is 0. The van der Waals surface area contributed by atoms with Crippen molar-refractivity contribution in [2.75, 3.05) is 44.7 Å². The Bertz CT molecular complexity index is 1280. The topological polar surface area (TPSA) is 87.7 Å². The number of benzene rings is 1. The SMILES string of the molecule is C[Si](C)(C)CCOCN(COCC[Si](C)(C)C)c1cc(C2CCCNC2)nc2c(-c3cccc(C#N)c3)cnn12. The van der Waals surface area contributed by atoms with E-state index in [9.17, 15) is 5.26 Å². The molecule has 1 atom stereocenters. The van der Waals surface area contributed by atoms with E-state index in [1.54, 1.807) is 0 Å². The fourth-order valence-corrected chi connectivity index (χ4v) is 6.25. The van der Waals surface area contributed by atoms with Crippen LogP contribution in [0.15, 0.2) is 36.5 Å². The van der Waals surface area contributed by atoms with Crippen molar-refractivity contribution in [3.05, 3.63) is 47.8 Å². The van der Waals surface area contributed by atoms with Crippen LogP contribution in [0.4, 0.5) is 5.82 Å². The highest BCUT2D eigenvalue weighted by atomic mass is 28.3. The summed E-state index contributed by atoms with van der Waals surface area (Å²) < 4.78 is 14.4. The van der Waals surface area contributed by atoms with E-state index in [-0.39, 0.29) is 0 Å². The number of nitrogens with zero attached hydrogens (tertiary/aromatic N) is 5. The molecule has 0 amide bonds. The minimum atomic E-state index is -1.21. The lowest BCUT2D eigenvalue weighted by molar-refractivity contribution is 0.0942. The number of aromatic nitrogens is 3. The summed E-state index contributed by atoms with van der Waals surface area (Å²) in [6, 6.07) is 14.3. The van der Waals surface area contributed by atoms with Gasteiger partial charge in [-0.15, -0.1) is 0 Å². The number of hydrogen-bond donors (Lipinski definition) is 1. The van der Waals surface area contributed by atoms with Crippen LogP contribution in [0.2, 0.25) is 51.4 Å². The Labute approximate surface area is 241 Å². The fraction of sp³-hybridized carbons (Fsp3) is 0.567. The number of rotatable bonds is 13. The van der Waals surface area contributed by atoms with Gasteiger partial charge in [-0.3, -0.25) is 0 Å². The predicted octanol–water partition coefficient (Wildman–Crippen LogP) is 6.17. The predicted molar refractivity (Wildman–Crippen MR) is 168 cm³/mol. The Balaban J connectivity index is 1.72. The molecule has 1 aromatic carbocycles. The molecule has 1 unspecified atom stereocenters. The molecule has 0 bridgehead atoms. The number of hydrogen-bond acceptors (Lipinski definition) is 7. The van der Waals surface area contributed by atoms with Crippen LogP contribution in [0.1, 0.15) is 30.0 Å². The lowest BCUT2D eigenvalue weighted by atomic mass is 9.95. The van der Waals surface area contributed by atoms with Crippen molar-refractivity contribution < 1.29 is 9.47 Å². The van der Waals surface area contributed by atoms with Crippen LogP contribution in [0, 0.1) is 11.3 Å². The van der Waals surface area contributed by atoms with Crippen molar-refractivity contribution in [3.63, 3.8) is 0 Å². The van der Waals surface area contributed by atoms with Gasteiger partial charge in [0.1, 0.15) is 19.3 Å². The Morgan fingerprint density at radius 2 is 1.75 bits per heavy atom. The Hall–Kier alpha value is -2.56. The Kier molecular flexibility index (Phi) is 10.2. The van der Waals surface area contributed by atoms with Gasteiger partial charge in [-0.25, -0.2) is 4.98 Å². The lowest BCUT2D eigenvalue weighted by Gasteiger charge is -2.28. The highest BCUT2D eigenvalue weighted by Crippen LogP contribution is 2.31. The van der Waals surface area contributed by atoms with Crippen LogP contribution in [0.25, 0.3) is 16.8 Å². The van der Waals surface area contributed by atoms with Gasteiger partial charge >= 0.3 is 0 Å². The average molecular weight is 579 g/mol. The van der Waals surface area contributed by atoms with Crippen molar-refractivity contribution in [3.8, 4) is 17.2 Å². The summed E-state index contributed by atoms with van der Waals surface area (Å²) in [5.74, 6) is 1.25. The van der Waals surface area contributed by atoms with E-state index in [0.29, 0.717) is 24.9 Å². The van der Waals surface area contributed by atoms with Gasteiger partial charge in [-0.05, 0) is 49.2 Å². The zero-order valence-electron chi connectivity index (χ0n) is 25.2. The zero-order chi connectivity index (χ0) is 28.8. The second kappa shape index (κ2) is 13.4. The van der Waals surface area contributed by atoms with Gasteiger partial charge in [0.05, 0.1) is 23.5 Å². The molecule has 40 heavy (non-hydrogen) atoms. The van der Waals surface area contributed by atoms with Gasteiger partial charge in [0.2, 0.25) is 0 Å². The smallest absolute Gasteiger partial charge is 0.165 e. The van der Waals surface area contributed by atoms with Crippen LogP contribution >= 0.6 is 0 Å². The molecular weight excluding hydrogens is 533 g/mol. The number of ether oxygens (including phenoxy) is 2. The van der Waals surface area contributed by atoms with Crippen LogP contribution < -0.4 is 10.2 Å². The lowest BCUT2D eigenvalue weighted by Crippen LogP contribution is -2.34. The zero-order valence-corrected chi connectivity index (χ0v) is 27.2. The minimum Gasteiger partial charge on any atom is -0.361 e. The quantitative estimate of drug-likeness (QED) is 0.147. The second-order valence-corrected chi connectivity index (χ2v) is 24.5. The molecular formula is C30H46N6O2Si2. The molecule has 1 fully saturated rings. The molecule has 1 aliphatic rings. The molecule has 1 N–H and O–H groups in total. The van der Waals surface area contributed by atoms with Crippen LogP contribution in [-0.4, -0.2) is 70.5 Å². The van der Waals surface area contributed by atoms with Crippen molar-refractivity contribution in [1.82, 2.24) is 19.9 Å². The molecule has 0 saturated carbocycles. The van der Waals surface area contributed by atoms with Crippen molar-refractivity contribution in [1.29, 1.82) is 5.26 Å². The van der Waals surface area contributed by atoms with Crippen molar-refractivity contribution in [2.45, 2.75) is 70.1 Å². The van der Waals surface area contributed by atoms with Gasteiger partial charge in [-0.2, -0.15) is 14.9 Å². The first-order valence-electron chi connectivity index (χ1n) is 14.5. The summed E-state index contributed by atoms with van der Waals surface area (Å²) in [6.45, 7) is 18.5. The third-order valence-electron chi connectivity index (χ3n) is 7.30. The Morgan fingerprint density at radius 3 is 2.35 bits per heavy atom. The Morgan fingerprint density at radius 1 is 1.05 bits per heavy atom. The minimum absolute atomic E-state index is 0.327. The summed E-state index contributed by atoms with van der Waals surface area (Å²) in [5, 5.41) is 17.8. The van der Waals surface area contributed by atoms with E-state index < -0.39 is 16.1 Å². The molecule has 3 aromatic rings. The largest absolute Gasteiger partial charge is 0.361 e. The first-order chi connectivity index (χ1) is 19.0. The van der Waals surface area contributed by atoms with Gasteiger partial charge < -0.3 is 19.7 Å². The second-order valence-electron chi connectivity index (χ2n) is 13.3. The fourth-order valence-electron chi connectivity index (χ4n) is 4.74. The molecule has 3 heterocycles. The first kappa shape index (κ1) is 30.4. The van der Waals surface area contributed by atoms with Gasteiger partial charge in [0.15, 0.2) is 5.65 Å². The van der Waals surface area contributed by atoms with E-state index in [1.165, 1.54) is 0 Å². The number of nitrogens with one attached hydrogen (secondary N) is 1. The first-order valence-corrected chi connectivity index (χ1v) is 22.0. The maximum Gasteiger partial charge on any atom is 0.165 e. The van der Waals surface area contributed by atoms with Crippen molar-refractivity contribution in [2.24, 2.45) is 0 Å². The van der Waals surface area contributed by atoms with Crippen LogP contribution in [0.3, 0.4) is 0 Å².